The molecule has 0 saturated carbocycles. The van der Waals surface area contributed by atoms with Crippen molar-refractivity contribution in [3.05, 3.63) is 18.0 Å². The van der Waals surface area contributed by atoms with Gasteiger partial charge in [-0.15, -0.1) is 0 Å². The fourth-order valence-electron chi connectivity index (χ4n) is 0.990. The van der Waals surface area contributed by atoms with Crippen LogP contribution in [0.5, 0.6) is 0 Å². The Morgan fingerprint density at radius 3 is 2.70 bits per heavy atom. The van der Waals surface area contributed by atoms with Crippen LogP contribution in [0.15, 0.2) is 12.3 Å². The van der Waals surface area contributed by atoms with Crippen LogP contribution >= 0.6 is 0 Å². The van der Waals surface area contributed by atoms with E-state index < -0.39 is 0 Å². The van der Waals surface area contributed by atoms with Gasteiger partial charge < -0.3 is 0 Å². The smallest absolute Gasteiger partial charge is 0.0627 e. The van der Waals surface area contributed by atoms with Gasteiger partial charge in [0.2, 0.25) is 0 Å². The maximum Gasteiger partial charge on any atom is 0.0627 e. The van der Waals surface area contributed by atoms with Crippen LogP contribution in [0, 0.1) is 5.92 Å². The first kappa shape index (κ1) is 7.32. The molecule has 0 aliphatic carbocycles. The summed E-state index contributed by atoms with van der Waals surface area (Å²) in [6, 6.07) is 2.07. The molecular formula is C8H14N2. The molecule has 1 rings (SSSR count). The average Bonchev–Trinajstić information content (AvgIpc) is 2.13. The van der Waals surface area contributed by atoms with Gasteiger partial charge in [0.05, 0.1) is 5.69 Å². The summed E-state index contributed by atoms with van der Waals surface area (Å²) in [7, 11) is 1.95. The maximum atomic E-state index is 4.27. The molecule has 0 fully saturated rings. The van der Waals surface area contributed by atoms with Crippen molar-refractivity contribution >= 4 is 0 Å². The molecule has 0 aliphatic rings. The van der Waals surface area contributed by atoms with Crippen LogP contribution in [0.3, 0.4) is 0 Å². The molecule has 2 nitrogen and oxygen atoms in total. The second kappa shape index (κ2) is 2.86. The van der Waals surface area contributed by atoms with E-state index in [2.05, 4.69) is 25.0 Å². The van der Waals surface area contributed by atoms with E-state index in [0.717, 1.165) is 6.42 Å². The van der Waals surface area contributed by atoms with Gasteiger partial charge in [-0.05, 0) is 18.4 Å². The summed E-state index contributed by atoms with van der Waals surface area (Å²) in [4.78, 5) is 0. The highest BCUT2D eigenvalue weighted by molar-refractivity contribution is 4.98. The summed E-state index contributed by atoms with van der Waals surface area (Å²) in [5.41, 5.74) is 1.19. The van der Waals surface area contributed by atoms with Crippen molar-refractivity contribution in [1.82, 2.24) is 9.78 Å². The second-order valence-electron chi connectivity index (χ2n) is 3.08. The molecule has 0 saturated heterocycles. The zero-order valence-corrected chi connectivity index (χ0v) is 6.83. The topological polar surface area (TPSA) is 17.8 Å². The van der Waals surface area contributed by atoms with Gasteiger partial charge in [-0.3, -0.25) is 4.68 Å². The molecule has 0 spiro atoms. The van der Waals surface area contributed by atoms with Crippen molar-refractivity contribution in [1.29, 1.82) is 0 Å². The van der Waals surface area contributed by atoms with Crippen LogP contribution in [-0.2, 0) is 13.5 Å². The van der Waals surface area contributed by atoms with Gasteiger partial charge >= 0.3 is 0 Å². The molecule has 0 amide bonds. The quantitative estimate of drug-likeness (QED) is 0.607. The van der Waals surface area contributed by atoms with E-state index in [1.54, 1.807) is 0 Å². The Hall–Kier alpha value is -0.790. The summed E-state index contributed by atoms with van der Waals surface area (Å²) in [5.74, 6) is 0.704. The summed E-state index contributed by atoms with van der Waals surface area (Å²) < 4.78 is 1.84. The first-order chi connectivity index (χ1) is 4.68. The van der Waals surface area contributed by atoms with E-state index in [1.807, 2.05) is 17.9 Å². The monoisotopic (exact) mass is 138 g/mol. The van der Waals surface area contributed by atoms with Crippen LogP contribution in [0.1, 0.15) is 19.5 Å². The molecule has 0 unspecified atom stereocenters. The number of aromatic nitrogens is 2. The molecule has 2 heteroatoms. The van der Waals surface area contributed by atoms with Gasteiger partial charge in [0, 0.05) is 13.2 Å². The van der Waals surface area contributed by atoms with Gasteiger partial charge in [0.25, 0.3) is 0 Å². The Kier molecular flexibility index (Phi) is 2.10. The zero-order chi connectivity index (χ0) is 7.56. The fraction of sp³-hybridized carbons (Fsp3) is 0.625. The fourth-order valence-corrected chi connectivity index (χ4v) is 0.990. The van der Waals surface area contributed by atoms with Crippen molar-refractivity contribution in [2.45, 2.75) is 20.3 Å². The van der Waals surface area contributed by atoms with Gasteiger partial charge in [-0.1, -0.05) is 13.8 Å². The van der Waals surface area contributed by atoms with Gasteiger partial charge in [0.1, 0.15) is 0 Å². The second-order valence-corrected chi connectivity index (χ2v) is 3.08. The van der Waals surface area contributed by atoms with Crippen LogP contribution < -0.4 is 0 Å². The van der Waals surface area contributed by atoms with Crippen molar-refractivity contribution < 1.29 is 0 Å². The van der Waals surface area contributed by atoms with Crippen LogP contribution in [0.2, 0.25) is 0 Å². The third kappa shape index (κ3) is 1.87. The Labute approximate surface area is 61.9 Å². The predicted octanol–water partition coefficient (Wildman–Crippen LogP) is 1.62. The summed E-state index contributed by atoms with van der Waals surface area (Å²) in [6.07, 6.45) is 3.07. The molecule has 56 valence electrons. The van der Waals surface area contributed by atoms with Crippen molar-refractivity contribution in [3.63, 3.8) is 0 Å². The third-order valence-electron chi connectivity index (χ3n) is 1.39. The Balaban J connectivity index is 2.58. The highest BCUT2D eigenvalue weighted by Crippen LogP contribution is 2.03. The highest BCUT2D eigenvalue weighted by atomic mass is 15.2. The van der Waals surface area contributed by atoms with Crippen LogP contribution in [0.25, 0.3) is 0 Å². The predicted molar refractivity (Wildman–Crippen MR) is 41.8 cm³/mol. The van der Waals surface area contributed by atoms with Crippen LogP contribution in [-0.4, -0.2) is 9.78 Å². The number of rotatable bonds is 2. The maximum absolute atomic E-state index is 4.27. The van der Waals surface area contributed by atoms with E-state index in [4.69, 9.17) is 0 Å². The summed E-state index contributed by atoms with van der Waals surface area (Å²) in [5, 5.41) is 4.27. The number of aryl methyl sites for hydroxylation is 1. The normalized spacial score (nSPS) is 10.8. The first-order valence-electron chi connectivity index (χ1n) is 3.67. The molecule has 0 aliphatic heterocycles. The van der Waals surface area contributed by atoms with Crippen molar-refractivity contribution in [2.75, 3.05) is 0 Å². The highest BCUT2D eigenvalue weighted by Gasteiger charge is 1.98. The molecule has 0 aromatic carbocycles. The first-order valence-corrected chi connectivity index (χ1v) is 3.67. The Morgan fingerprint density at radius 2 is 2.30 bits per heavy atom. The number of hydrogen-bond acceptors (Lipinski definition) is 1. The van der Waals surface area contributed by atoms with E-state index in [-0.39, 0.29) is 0 Å². The van der Waals surface area contributed by atoms with Crippen molar-refractivity contribution in [3.8, 4) is 0 Å². The largest absolute Gasteiger partial charge is 0.276 e. The Morgan fingerprint density at radius 1 is 1.60 bits per heavy atom. The minimum absolute atomic E-state index is 0.704. The molecule has 0 atom stereocenters. The Bertz CT molecular complexity index is 201. The lowest BCUT2D eigenvalue weighted by Crippen LogP contribution is -1.96. The number of hydrogen-bond donors (Lipinski definition) is 0. The summed E-state index contributed by atoms with van der Waals surface area (Å²) >= 11 is 0. The minimum Gasteiger partial charge on any atom is -0.276 e. The molecule has 0 N–H and O–H groups in total. The van der Waals surface area contributed by atoms with Crippen LogP contribution in [0.4, 0.5) is 0 Å². The minimum atomic E-state index is 0.704. The molecule has 0 radical (unpaired) electrons. The lowest BCUT2D eigenvalue weighted by atomic mass is 10.1. The van der Waals surface area contributed by atoms with E-state index in [9.17, 15) is 0 Å². The molecular weight excluding hydrogens is 124 g/mol. The van der Waals surface area contributed by atoms with E-state index >= 15 is 0 Å². The van der Waals surface area contributed by atoms with E-state index in [1.165, 1.54) is 5.69 Å². The van der Waals surface area contributed by atoms with Gasteiger partial charge in [0.15, 0.2) is 0 Å². The standard InChI is InChI=1S/C8H14N2/c1-7(2)6-8-4-5-10(3)9-8/h4-5,7H,6H2,1-3H3. The molecule has 1 heterocycles. The van der Waals surface area contributed by atoms with Crippen molar-refractivity contribution in [2.24, 2.45) is 13.0 Å². The molecule has 0 bridgehead atoms. The zero-order valence-electron chi connectivity index (χ0n) is 6.83. The molecule has 1 aromatic heterocycles. The van der Waals surface area contributed by atoms with E-state index in [0.29, 0.717) is 5.92 Å². The SMILES string of the molecule is CC(C)Cc1ccn(C)n1. The average molecular weight is 138 g/mol. The van der Waals surface area contributed by atoms with Gasteiger partial charge in [-0.25, -0.2) is 0 Å². The van der Waals surface area contributed by atoms with Gasteiger partial charge in [-0.2, -0.15) is 5.10 Å². The molecule has 10 heavy (non-hydrogen) atoms. The lowest BCUT2D eigenvalue weighted by Gasteiger charge is -1.98. The molecule has 1 aromatic rings. The third-order valence-corrected chi connectivity index (χ3v) is 1.39. The summed E-state index contributed by atoms with van der Waals surface area (Å²) in [6.45, 7) is 4.41. The lowest BCUT2D eigenvalue weighted by molar-refractivity contribution is 0.620. The number of nitrogens with zero attached hydrogens (tertiary/aromatic N) is 2.